The minimum Gasteiger partial charge on any atom is -0.393 e. The molecule has 0 aromatic carbocycles. The molecule has 0 bridgehead atoms. The number of nitrogens with one attached hydrogen (secondary N) is 1. The number of hydrogen-bond acceptors (Lipinski definition) is 3. The molecular formula is C8H16FNO2. The fraction of sp³-hybridized carbons (Fsp3) is 1.00. The third kappa shape index (κ3) is 2.69. The Kier molecular flexibility index (Phi) is 3.04. The van der Waals surface area contributed by atoms with Crippen molar-refractivity contribution in [2.45, 2.75) is 38.2 Å². The van der Waals surface area contributed by atoms with Crippen molar-refractivity contribution >= 4 is 0 Å². The highest BCUT2D eigenvalue weighted by molar-refractivity contribution is 4.83. The predicted molar refractivity (Wildman–Crippen MR) is 43.6 cm³/mol. The van der Waals surface area contributed by atoms with Gasteiger partial charge < -0.3 is 9.84 Å². The quantitative estimate of drug-likeness (QED) is 0.657. The van der Waals surface area contributed by atoms with Crippen LogP contribution in [0.3, 0.4) is 0 Å². The molecule has 1 aliphatic heterocycles. The third-order valence-corrected chi connectivity index (χ3v) is 1.94. The molecule has 1 saturated heterocycles. The van der Waals surface area contributed by atoms with Gasteiger partial charge in [-0.25, -0.2) is 4.39 Å². The van der Waals surface area contributed by atoms with E-state index in [0.29, 0.717) is 13.0 Å². The van der Waals surface area contributed by atoms with Crippen LogP contribution in [0.4, 0.5) is 4.39 Å². The lowest BCUT2D eigenvalue weighted by Crippen LogP contribution is -2.39. The first-order valence-electron chi connectivity index (χ1n) is 4.20. The van der Waals surface area contributed by atoms with Gasteiger partial charge >= 0.3 is 0 Å². The third-order valence-electron chi connectivity index (χ3n) is 1.94. The summed E-state index contributed by atoms with van der Waals surface area (Å²) in [4.78, 5) is 0. The van der Waals surface area contributed by atoms with E-state index in [9.17, 15) is 4.39 Å². The van der Waals surface area contributed by atoms with E-state index in [4.69, 9.17) is 9.84 Å². The van der Waals surface area contributed by atoms with E-state index in [1.165, 1.54) is 0 Å². The van der Waals surface area contributed by atoms with Crippen molar-refractivity contribution in [1.29, 1.82) is 0 Å². The Morgan fingerprint density at radius 3 is 2.83 bits per heavy atom. The maximum absolute atomic E-state index is 12.7. The molecule has 0 aliphatic carbocycles. The number of ether oxygens (including phenoxy) is 1. The Morgan fingerprint density at radius 1 is 1.75 bits per heavy atom. The second-order valence-corrected chi connectivity index (χ2v) is 3.68. The van der Waals surface area contributed by atoms with Crippen LogP contribution in [-0.4, -0.2) is 36.3 Å². The van der Waals surface area contributed by atoms with Crippen LogP contribution in [-0.2, 0) is 4.74 Å². The molecule has 2 unspecified atom stereocenters. The molecule has 1 aliphatic rings. The normalized spacial score (nSPS) is 30.5. The fourth-order valence-electron chi connectivity index (χ4n) is 1.39. The van der Waals surface area contributed by atoms with Crippen LogP contribution in [0.2, 0.25) is 0 Å². The average molecular weight is 177 g/mol. The lowest BCUT2D eigenvalue weighted by atomic mass is 10.1. The van der Waals surface area contributed by atoms with E-state index in [-0.39, 0.29) is 11.8 Å². The summed E-state index contributed by atoms with van der Waals surface area (Å²) in [6, 6.07) is 0.0298. The zero-order chi connectivity index (χ0) is 9.19. The van der Waals surface area contributed by atoms with Gasteiger partial charge in [-0.1, -0.05) is 0 Å². The van der Waals surface area contributed by atoms with Crippen LogP contribution in [0.5, 0.6) is 0 Å². The second-order valence-electron chi connectivity index (χ2n) is 3.68. The highest BCUT2D eigenvalue weighted by Gasteiger charge is 2.31. The van der Waals surface area contributed by atoms with Gasteiger partial charge in [-0.3, -0.25) is 5.32 Å². The van der Waals surface area contributed by atoms with Crippen molar-refractivity contribution in [3.63, 3.8) is 0 Å². The number of rotatable bonds is 3. The first kappa shape index (κ1) is 9.89. The van der Waals surface area contributed by atoms with Crippen LogP contribution < -0.4 is 5.32 Å². The van der Waals surface area contributed by atoms with Gasteiger partial charge in [-0.15, -0.1) is 0 Å². The van der Waals surface area contributed by atoms with Gasteiger partial charge in [0, 0.05) is 6.04 Å². The van der Waals surface area contributed by atoms with Gasteiger partial charge in [0.25, 0.3) is 0 Å². The Balaban J connectivity index is 2.28. The summed E-state index contributed by atoms with van der Waals surface area (Å²) in [6.07, 6.45) is -0.820. The molecule has 0 aromatic rings. The van der Waals surface area contributed by atoms with Crippen LogP contribution in [0.1, 0.15) is 20.3 Å². The van der Waals surface area contributed by atoms with E-state index in [2.05, 4.69) is 5.32 Å². The average Bonchev–Trinajstić information content (AvgIpc) is 2.30. The van der Waals surface area contributed by atoms with E-state index in [1.54, 1.807) is 0 Å². The lowest BCUT2D eigenvalue weighted by molar-refractivity contribution is 0.0230. The highest BCUT2D eigenvalue weighted by atomic mass is 19.1. The van der Waals surface area contributed by atoms with Crippen LogP contribution in [0.25, 0.3) is 0 Å². The smallest absolute Gasteiger partial charge is 0.125 e. The van der Waals surface area contributed by atoms with Crippen LogP contribution >= 0.6 is 0 Å². The van der Waals surface area contributed by atoms with Gasteiger partial charge in [0.1, 0.15) is 11.9 Å². The Labute approximate surface area is 71.9 Å². The summed E-state index contributed by atoms with van der Waals surface area (Å²) in [5.41, 5.74) is -0.347. The van der Waals surface area contributed by atoms with Crippen molar-refractivity contribution in [1.82, 2.24) is 5.32 Å². The maximum atomic E-state index is 12.7. The summed E-state index contributed by atoms with van der Waals surface area (Å²) in [6.45, 7) is 3.92. The van der Waals surface area contributed by atoms with E-state index in [0.717, 1.165) is 0 Å². The molecule has 0 saturated carbocycles. The standard InChI is InChI=1S/C8H16FNO2/c1-8(2)10-7(5-12-8)3-6(9)4-11/h6-7,10-11H,3-5H2,1-2H3. The van der Waals surface area contributed by atoms with Crippen molar-refractivity contribution < 1.29 is 14.2 Å². The number of hydrogen-bond donors (Lipinski definition) is 2. The van der Waals surface area contributed by atoms with Gasteiger partial charge in [0.15, 0.2) is 0 Å². The van der Waals surface area contributed by atoms with Gasteiger partial charge in [-0.2, -0.15) is 0 Å². The van der Waals surface area contributed by atoms with Crippen molar-refractivity contribution in [3.8, 4) is 0 Å². The van der Waals surface area contributed by atoms with Crippen LogP contribution in [0.15, 0.2) is 0 Å². The predicted octanol–water partition coefficient (Wildman–Crippen LogP) is 0.431. The molecule has 1 rings (SSSR count). The van der Waals surface area contributed by atoms with Crippen molar-refractivity contribution in [3.05, 3.63) is 0 Å². The largest absolute Gasteiger partial charge is 0.393 e. The SMILES string of the molecule is CC1(C)NC(CC(F)CO)CO1. The summed E-state index contributed by atoms with van der Waals surface area (Å²) in [5, 5.41) is 11.6. The Bertz CT molecular complexity index is 152. The molecule has 0 amide bonds. The summed E-state index contributed by atoms with van der Waals surface area (Å²) >= 11 is 0. The summed E-state index contributed by atoms with van der Waals surface area (Å²) in [5.74, 6) is 0. The Morgan fingerprint density at radius 2 is 2.42 bits per heavy atom. The van der Waals surface area contributed by atoms with Gasteiger partial charge in [0.05, 0.1) is 13.2 Å². The topological polar surface area (TPSA) is 41.5 Å². The molecule has 3 nitrogen and oxygen atoms in total. The minimum atomic E-state index is -1.14. The fourth-order valence-corrected chi connectivity index (χ4v) is 1.39. The number of aliphatic hydroxyl groups excluding tert-OH is 1. The number of aliphatic hydroxyl groups is 1. The molecule has 2 atom stereocenters. The molecule has 0 radical (unpaired) electrons. The zero-order valence-corrected chi connectivity index (χ0v) is 7.51. The maximum Gasteiger partial charge on any atom is 0.125 e. The molecule has 12 heavy (non-hydrogen) atoms. The second kappa shape index (κ2) is 3.68. The van der Waals surface area contributed by atoms with E-state index in [1.807, 2.05) is 13.8 Å². The molecular weight excluding hydrogens is 161 g/mol. The first-order chi connectivity index (χ1) is 5.53. The molecule has 0 aromatic heterocycles. The molecule has 2 N–H and O–H groups in total. The number of alkyl halides is 1. The summed E-state index contributed by atoms with van der Waals surface area (Å²) in [7, 11) is 0. The van der Waals surface area contributed by atoms with Crippen LogP contribution in [0, 0.1) is 0 Å². The molecule has 72 valence electrons. The van der Waals surface area contributed by atoms with E-state index < -0.39 is 12.8 Å². The van der Waals surface area contributed by atoms with Crippen molar-refractivity contribution in [2.75, 3.05) is 13.2 Å². The summed E-state index contributed by atoms with van der Waals surface area (Å²) < 4.78 is 18.0. The molecule has 4 heteroatoms. The molecule has 1 heterocycles. The molecule has 1 fully saturated rings. The number of halogens is 1. The Hall–Kier alpha value is -0.190. The van der Waals surface area contributed by atoms with Gasteiger partial charge in [-0.05, 0) is 20.3 Å². The molecule has 0 spiro atoms. The lowest BCUT2D eigenvalue weighted by Gasteiger charge is -2.18. The highest BCUT2D eigenvalue weighted by Crippen LogP contribution is 2.17. The zero-order valence-electron chi connectivity index (χ0n) is 7.51. The van der Waals surface area contributed by atoms with Crippen molar-refractivity contribution in [2.24, 2.45) is 0 Å². The van der Waals surface area contributed by atoms with Gasteiger partial charge in [0.2, 0.25) is 0 Å². The monoisotopic (exact) mass is 177 g/mol. The van der Waals surface area contributed by atoms with E-state index >= 15 is 0 Å². The minimum absolute atomic E-state index is 0.0298. The first-order valence-corrected chi connectivity index (χ1v) is 4.20.